The number of hydrogen-bond donors (Lipinski definition) is 2. The van der Waals surface area contributed by atoms with E-state index in [0.29, 0.717) is 0 Å². The zero-order valence-corrected chi connectivity index (χ0v) is 9.37. The molecule has 0 spiro atoms. The van der Waals surface area contributed by atoms with Crippen LogP contribution in [0.4, 0.5) is 4.79 Å². The average molecular weight is 226 g/mol. The molecule has 0 radical (unpaired) electrons. The molecule has 1 aliphatic heterocycles. The first-order valence-corrected chi connectivity index (χ1v) is 5.90. The van der Waals surface area contributed by atoms with Crippen LogP contribution in [0.2, 0.25) is 0 Å². The van der Waals surface area contributed by atoms with Gasteiger partial charge >= 0.3 is 12.0 Å². The van der Waals surface area contributed by atoms with E-state index in [2.05, 4.69) is 5.32 Å². The molecule has 5 nitrogen and oxygen atoms in total. The number of rotatable bonds is 3. The molecular weight excluding hydrogens is 208 g/mol. The maximum absolute atomic E-state index is 11.9. The summed E-state index contributed by atoms with van der Waals surface area (Å²) in [5.74, 6) is -0.832. The van der Waals surface area contributed by atoms with E-state index in [-0.39, 0.29) is 12.5 Å². The predicted molar refractivity (Wildman–Crippen MR) is 58.2 cm³/mol. The van der Waals surface area contributed by atoms with Crippen molar-refractivity contribution in [2.45, 2.75) is 44.1 Å². The number of nitrogens with zero attached hydrogens (tertiary/aromatic N) is 1. The van der Waals surface area contributed by atoms with Crippen molar-refractivity contribution in [2.24, 2.45) is 0 Å². The van der Waals surface area contributed by atoms with Gasteiger partial charge in [-0.2, -0.15) is 0 Å². The van der Waals surface area contributed by atoms with Crippen molar-refractivity contribution in [3.05, 3.63) is 0 Å². The zero-order chi connectivity index (χ0) is 11.6. The smallest absolute Gasteiger partial charge is 0.317 e. The van der Waals surface area contributed by atoms with Crippen molar-refractivity contribution in [3.63, 3.8) is 0 Å². The Morgan fingerprint density at radius 3 is 2.25 bits per heavy atom. The minimum atomic E-state index is -0.832. The van der Waals surface area contributed by atoms with Crippen LogP contribution in [0.15, 0.2) is 0 Å². The fourth-order valence-electron chi connectivity index (χ4n) is 2.47. The molecule has 0 aromatic rings. The second-order valence-corrected chi connectivity index (χ2v) is 4.83. The Balaban J connectivity index is 1.90. The van der Waals surface area contributed by atoms with Gasteiger partial charge < -0.3 is 15.3 Å². The SMILES string of the molecule is O=C(O)CC1(NC(=O)N2CCCC2)CCC1. The van der Waals surface area contributed by atoms with Gasteiger partial charge in [-0.1, -0.05) is 0 Å². The van der Waals surface area contributed by atoms with Crippen molar-refractivity contribution in [1.82, 2.24) is 10.2 Å². The normalized spacial score (nSPS) is 22.6. The molecule has 2 amide bonds. The highest BCUT2D eigenvalue weighted by Gasteiger charge is 2.41. The minimum Gasteiger partial charge on any atom is -0.481 e. The summed E-state index contributed by atoms with van der Waals surface area (Å²) >= 11 is 0. The van der Waals surface area contributed by atoms with Gasteiger partial charge in [0, 0.05) is 13.1 Å². The van der Waals surface area contributed by atoms with Gasteiger partial charge in [0.15, 0.2) is 0 Å². The largest absolute Gasteiger partial charge is 0.481 e. The summed E-state index contributed by atoms with van der Waals surface area (Å²) in [6.07, 6.45) is 4.75. The van der Waals surface area contributed by atoms with Gasteiger partial charge in [-0.3, -0.25) is 4.79 Å². The van der Waals surface area contributed by atoms with Crippen molar-refractivity contribution in [1.29, 1.82) is 0 Å². The number of likely N-dealkylation sites (tertiary alicyclic amines) is 1. The Morgan fingerprint density at radius 1 is 1.19 bits per heavy atom. The molecule has 0 aromatic carbocycles. The molecule has 0 bridgehead atoms. The number of nitrogens with one attached hydrogen (secondary N) is 1. The average Bonchev–Trinajstić information content (AvgIpc) is 2.66. The molecule has 2 N–H and O–H groups in total. The minimum absolute atomic E-state index is 0.0482. The highest BCUT2D eigenvalue weighted by molar-refractivity contribution is 5.77. The second-order valence-electron chi connectivity index (χ2n) is 4.83. The maximum Gasteiger partial charge on any atom is 0.317 e. The van der Waals surface area contributed by atoms with Crippen LogP contribution in [0.3, 0.4) is 0 Å². The fraction of sp³-hybridized carbons (Fsp3) is 0.818. The molecule has 2 fully saturated rings. The Morgan fingerprint density at radius 2 is 1.81 bits per heavy atom. The molecular formula is C11H18N2O3. The van der Waals surface area contributed by atoms with Crippen LogP contribution in [0.25, 0.3) is 0 Å². The van der Waals surface area contributed by atoms with E-state index in [1.54, 1.807) is 4.90 Å². The van der Waals surface area contributed by atoms with Crippen LogP contribution in [0.5, 0.6) is 0 Å². The summed E-state index contributed by atoms with van der Waals surface area (Å²) in [6, 6.07) is -0.0848. The number of aliphatic carboxylic acids is 1. The summed E-state index contributed by atoms with van der Waals surface area (Å²) in [4.78, 5) is 24.4. The van der Waals surface area contributed by atoms with Crippen molar-refractivity contribution >= 4 is 12.0 Å². The first-order valence-electron chi connectivity index (χ1n) is 5.90. The molecule has 1 heterocycles. The number of carboxylic acids is 1. The van der Waals surface area contributed by atoms with Gasteiger partial charge in [0.2, 0.25) is 0 Å². The number of carbonyl (C=O) groups is 2. The lowest BCUT2D eigenvalue weighted by Crippen LogP contribution is -2.57. The first kappa shape index (κ1) is 11.2. The summed E-state index contributed by atoms with van der Waals surface area (Å²) < 4.78 is 0. The van der Waals surface area contributed by atoms with E-state index in [4.69, 9.17) is 5.11 Å². The zero-order valence-electron chi connectivity index (χ0n) is 9.37. The molecule has 16 heavy (non-hydrogen) atoms. The van der Waals surface area contributed by atoms with Crippen molar-refractivity contribution < 1.29 is 14.7 Å². The predicted octanol–water partition coefficient (Wildman–Crippen LogP) is 1.19. The van der Waals surface area contributed by atoms with Gasteiger partial charge in [0.1, 0.15) is 0 Å². The van der Waals surface area contributed by atoms with Gasteiger partial charge in [-0.25, -0.2) is 4.79 Å². The number of urea groups is 1. The fourth-order valence-corrected chi connectivity index (χ4v) is 2.47. The second kappa shape index (κ2) is 4.31. The topological polar surface area (TPSA) is 69.6 Å². The molecule has 1 saturated carbocycles. The Labute approximate surface area is 94.8 Å². The molecule has 1 aliphatic carbocycles. The third-order valence-corrected chi connectivity index (χ3v) is 3.57. The maximum atomic E-state index is 11.9. The molecule has 1 saturated heterocycles. The molecule has 2 rings (SSSR count). The van der Waals surface area contributed by atoms with E-state index in [0.717, 1.165) is 45.2 Å². The van der Waals surface area contributed by atoms with E-state index < -0.39 is 11.5 Å². The number of carbonyl (C=O) groups excluding carboxylic acids is 1. The standard InChI is InChI=1S/C11H18N2O3/c14-9(15)8-11(4-3-5-11)12-10(16)13-6-1-2-7-13/h1-8H2,(H,12,16)(H,14,15). The van der Waals surface area contributed by atoms with Crippen LogP contribution in [-0.2, 0) is 4.79 Å². The summed E-state index contributed by atoms with van der Waals surface area (Å²) in [6.45, 7) is 1.60. The van der Waals surface area contributed by atoms with Crippen molar-refractivity contribution in [2.75, 3.05) is 13.1 Å². The summed E-state index contributed by atoms with van der Waals surface area (Å²) in [5, 5.41) is 11.7. The van der Waals surface area contributed by atoms with Gasteiger partial charge in [0.05, 0.1) is 12.0 Å². The van der Waals surface area contributed by atoms with Gasteiger partial charge in [0.25, 0.3) is 0 Å². The van der Waals surface area contributed by atoms with E-state index in [1.807, 2.05) is 0 Å². The van der Waals surface area contributed by atoms with Crippen LogP contribution < -0.4 is 5.32 Å². The van der Waals surface area contributed by atoms with E-state index in [9.17, 15) is 9.59 Å². The quantitative estimate of drug-likeness (QED) is 0.759. The highest BCUT2D eigenvalue weighted by atomic mass is 16.4. The molecule has 0 unspecified atom stereocenters. The van der Waals surface area contributed by atoms with Crippen LogP contribution >= 0.6 is 0 Å². The van der Waals surface area contributed by atoms with Gasteiger partial charge in [-0.05, 0) is 32.1 Å². The third-order valence-electron chi connectivity index (χ3n) is 3.57. The summed E-state index contributed by atoms with van der Waals surface area (Å²) in [7, 11) is 0. The third kappa shape index (κ3) is 2.28. The number of amides is 2. The number of carboxylic acid groups (broad SMARTS) is 1. The van der Waals surface area contributed by atoms with Gasteiger partial charge in [-0.15, -0.1) is 0 Å². The molecule has 5 heteroatoms. The van der Waals surface area contributed by atoms with Crippen molar-refractivity contribution in [3.8, 4) is 0 Å². The molecule has 2 aliphatic rings. The lowest BCUT2D eigenvalue weighted by molar-refractivity contribution is -0.139. The summed E-state index contributed by atoms with van der Waals surface area (Å²) in [5.41, 5.74) is -0.467. The lowest BCUT2D eigenvalue weighted by Gasteiger charge is -2.42. The Hall–Kier alpha value is -1.26. The first-order chi connectivity index (χ1) is 7.61. The monoisotopic (exact) mass is 226 g/mol. The highest BCUT2D eigenvalue weighted by Crippen LogP contribution is 2.35. The lowest BCUT2D eigenvalue weighted by atomic mass is 9.74. The number of hydrogen-bond acceptors (Lipinski definition) is 2. The Kier molecular flexibility index (Phi) is 3.03. The Bertz CT molecular complexity index is 294. The molecule has 90 valence electrons. The van der Waals surface area contributed by atoms with Crippen LogP contribution in [0, 0.1) is 0 Å². The molecule has 0 aromatic heterocycles. The molecule has 0 atom stereocenters. The van der Waals surface area contributed by atoms with Crippen LogP contribution in [-0.4, -0.2) is 40.6 Å². The van der Waals surface area contributed by atoms with E-state index >= 15 is 0 Å². The van der Waals surface area contributed by atoms with E-state index in [1.165, 1.54) is 0 Å². The van der Waals surface area contributed by atoms with Crippen LogP contribution in [0.1, 0.15) is 38.5 Å².